The molecule has 6 nitrogen and oxygen atoms in total. The van der Waals surface area contributed by atoms with Gasteiger partial charge in [-0.25, -0.2) is 0 Å². The van der Waals surface area contributed by atoms with Crippen molar-refractivity contribution < 1.29 is 40.8 Å². The summed E-state index contributed by atoms with van der Waals surface area (Å²) in [5, 5.41) is 20.3. The number of carbonyl (C=O) groups excluding carboxylic acids is 1. The average Bonchev–Trinajstić information content (AvgIpc) is 3.22. The Morgan fingerprint density at radius 1 is 1.03 bits per heavy atom. The van der Waals surface area contributed by atoms with Crippen molar-refractivity contribution in [2.24, 2.45) is 0 Å². The van der Waals surface area contributed by atoms with Crippen molar-refractivity contribution in [3.63, 3.8) is 0 Å². The van der Waals surface area contributed by atoms with Crippen molar-refractivity contribution in [3.8, 4) is 22.7 Å². The molecule has 0 fully saturated rings. The number of rotatable bonds is 5. The maximum absolute atomic E-state index is 10.0. The Hall–Kier alpha value is -3.73. The number of allylic oxidation sites excluding steroid dienone is 2. The minimum absolute atomic E-state index is 0. The minimum Gasteiger partial charge on any atom is -0.540 e. The molecule has 0 atom stereocenters. The molecule has 2 N–H and O–H groups in total. The number of para-hydroxylation sites is 2. The summed E-state index contributed by atoms with van der Waals surface area (Å²) in [4.78, 5) is 14.6. The van der Waals surface area contributed by atoms with Crippen molar-refractivity contribution in [2.75, 3.05) is 7.11 Å². The Kier molecular flexibility index (Phi) is 9.40. The van der Waals surface area contributed by atoms with E-state index >= 15 is 0 Å². The third-order valence-corrected chi connectivity index (χ3v) is 5.63. The predicted molar refractivity (Wildman–Crippen MR) is 142 cm³/mol. The molecule has 192 valence electrons. The van der Waals surface area contributed by atoms with Crippen LogP contribution < -0.4 is 4.74 Å². The zero-order chi connectivity index (χ0) is 25.7. The first-order chi connectivity index (χ1) is 17.4. The molecule has 0 aliphatic heterocycles. The van der Waals surface area contributed by atoms with E-state index in [1.807, 2.05) is 36.4 Å². The molecule has 0 aliphatic carbocycles. The summed E-state index contributed by atoms with van der Waals surface area (Å²) < 4.78 is 7.74. The van der Waals surface area contributed by atoms with Gasteiger partial charge in [-0.15, -0.1) is 17.7 Å². The normalized spacial score (nSPS) is 11.0. The number of pyridine rings is 1. The molecule has 0 spiro atoms. The summed E-state index contributed by atoms with van der Waals surface area (Å²) in [6.45, 7) is 2.82. The van der Waals surface area contributed by atoms with Gasteiger partial charge in [0.2, 0.25) is 0 Å². The van der Waals surface area contributed by atoms with Crippen LogP contribution in [0.15, 0.2) is 90.8 Å². The topological polar surface area (TPSA) is 84.6 Å². The number of methoxy groups -OCH3 is 1. The molecule has 0 bridgehead atoms. The second-order valence-electron chi connectivity index (χ2n) is 8.27. The first-order valence-electron chi connectivity index (χ1n) is 11.4. The van der Waals surface area contributed by atoms with E-state index < -0.39 is 0 Å². The molecule has 3 aromatic carbocycles. The summed E-state index contributed by atoms with van der Waals surface area (Å²) in [6.07, 6.45) is 2.88. The molecule has 0 aliphatic rings. The van der Waals surface area contributed by atoms with E-state index in [2.05, 4.69) is 52.0 Å². The average molecular weight is 675 g/mol. The largest absolute Gasteiger partial charge is 0.540 e. The third-order valence-electron chi connectivity index (χ3n) is 5.63. The molecule has 5 rings (SSSR count). The molecule has 0 radical (unpaired) electrons. The number of hydrogen-bond acceptors (Lipinski definition) is 5. The van der Waals surface area contributed by atoms with Gasteiger partial charge in [0.05, 0.1) is 19.5 Å². The maximum Gasteiger partial charge on any atom is 0.155 e. The third kappa shape index (κ3) is 6.16. The number of aliphatic hydroxyl groups excluding tert-OH is 2. The van der Waals surface area contributed by atoms with Gasteiger partial charge in [-0.2, -0.15) is 0 Å². The Morgan fingerprint density at radius 2 is 1.65 bits per heavy atom. The van der Waals surface area contributed by atoms with E-state index in [4.69, 9.17) is 9.84 Å². The molecule has 0 saturated carbocycles. The van der Waals surface area contributed by atoms with Crippen LogP contribution in [0.3, 0.4) is 0 Å². The molecular weight excluding hydrogens is 647 g/mol. The van der Waals surface area contributed by atoms with Gasteiger partial charge in [-0.3, -0.25) is 4.79 Å². The molecule has 2 aromatic heterocycles. The van der Waals surface area contributed by atoms with Crippen LogP contribution >= 0.6 is 0 Å². The van der Waals surface area contributed by atoms with E-state index in [0.717, 1.165) is 39.3 Å². The van der Waals surface area contributed by atoms with Crippen LogP contribution in [0, 0.1) is 6.07 Å². The summed E-state index contributed by atoms with van der Waals surface area (Å²) in [5.41, 5.74) is 5.57. The van der Waals surface area contributed by atoms with Crippen LogP contribution in [-0.2, 0) is 32.5 Å². The fraction of sp³-hybridized carbons (Fsp3) is 0.133. The van der Waals surface area contributed by atoms with Gasteiger partial charge in [-0.05, 0) is 49.0 Å². The Balaban J connectivity index is 0.000000422. The van der Waals surface area contributed by atoms with E-state index in [-0.39, 0.29) is 39.2 Å². The van der Waals surface area contributed by atoms with Gasteiger partial charge in [0.25, 0.3) is 0 Å². The fourth-order valence-corrected chi connectivity index (χ4v) is 4.15. The van der Waals surface area contributed by atoms with Crippen LogP contribution in [-0.4, -0.2) is 32.7 Å². The Morgan fingerprint density at radius 3 is 2.16 bits per heavy atom. The number of aliphatic hydroxyl groups is 2. The Bertz CT molecular complexity index is 1520. The quantitative estimate of drug-likeness (QED) is 0.132. The number of nitrogens with zero attached hydrogens (tertiary/aromatic N) is 2. The van der Waals surface area contributed by atoms with Gasteiger partial charge in [0.1, 0.15) is 0 Å². The zero-order valence-corrected chi connectivity index (χ0v) is 23.0. The van der Waals surface area contributed by atoms with Gasteiger partial charge in [-0.1, -0.05) is 48.5 Å². The number of benzene rings is 3. The second-order valence-corrected chi connectivity index (χ2v) is 8.27. The number of fused-ring (bicyclic) bond motifs is 3. The van der Waals surface area contributed by atoms with E-state index in [9.17, 15) is 9.90 Å². The van der Waals surface area contributed by atoms with Gasteiger partial charge in [0.15, 0.2) is 5.78 Å². The van der Waals surface area contributed by atoms with Crippen LogP contribution in [0.5, 0.6) is 5.75 Å². The number of ether oxygens (including phenoxy) is 1. The standard InChI is InChI=1S/C25H19N2O2.C5H8O2.Pt/c1-29-18-10-11-21(22-14-17(16-28)12-13-26-22)25(15-18)27-23-8-4-2-6-19(23)20-7-3-5-9-24(20)27;1-4(6)3-5(2)7;/h2-10,12-15,28H,16H2,1H3;3,6H,1-2H3;/q-1;;/b;4-3-;. The first-order valence-corrected chi connectivity index (χ1v) is 11.4. The molecular formula is C30H27N2O4Pt-. The summed E-state index contributed by atoms with van der Waals surface area (Å²) >= 11 is 0. The molecule has 5 aromatic rings. The molecule has 0 unspecified atom stereocenters. The van der Waals surface area contributed by atoms with Gasteiger partial charge >= 0.3 is 0 Å². The van der Waals surface area contributed by atoms with E-state index in [0.29, 0.717) is 0 Å². The van der Waals surface area contributed by atoms with Gasteiger partial charge in [0, 0.05) is 60.9 Å². The van der Waals surface area contributed by atoms with Crippen molar-refractivity contribution in [1.82, 2.24) is 9.55 Å². The molecule has 0 amide bonds. The first kappa shape index (κ1) is 27.8. The van der Waals surface area contributed by atoms with Crippen LogP contribution in [0.2, 0.25) is 0 Å². The minimum atomic E-state index is -0.125. The molecule has 37 heavy (non-hydrogen) atoms. The van der Waals surface area contributed by atoms with Crippen molar-refractivity contribution in [3.05, 3.63) is 102 Å². The number of aromatic nitrogens is 2. The van der Waals surface area contributed by atoms with Crippen LogP contribution in [0.1, 0.15) is 19.4 Å². The molecule has 2 heterocycles. The Labute approximate surface area is 230 Å². The van der Waals surface area contributed by atoms with Gasteiger partial charge < -0.3 is 24.5 Å². The number of hydrogen-bond donors (Lipinski definition) is 2. The summed E-state index contributed by atoms with van der Waals surface area (Å²) in [7, 11) is 1.66. The summed E-state index contributed by atoms with van der Waals surface area (Å²) in [5.74, 6) is 0.663. The van der Waals surface area contributed by atoms with E-state index in [1.54, 1.807) is 13.3 Å². The van der Waals surface area contributed by atoms with Crippen LogP contribution in [0.4, 0.5) is 0 Å². The van der Waals surface area contributed by atoms with Crippen molar-refractivity contribution in [1.29, 1.82) is 0 Å². The van der Waals surface area contributed by atoms with Crippen molar-refractivity contribution in [2.45, 2.75) is 20.5 Å². The predicted octanol–water partition coefficient (Wildman–Crippen LogP) is 6.18. The van der Waals surface area contributed by atoms with Crippen LogP contribution in [0.25, 0.3) is 38.8 Å². The van der Waals surface area contributed by atoms with Crippen molar-refractivity contribution >= 4 is 27.6 Å². The van der Waals surface area contributed by atoms with E-state index in [1.165, 1.54) is 30.7 Å². The maximum atomic E-state index is 10.0. The number of ketones is 1. The smallest absolute Gasteiger partial charge is 0.155 e. The molecule has 7 heteroatoms. The zero-order valence-electron chi connectivity index (χ0n) is 20.7. The number of carbonyl (C=O) groups is 1. The monoisotopic (exact) mass is 674 g/mol. The SMILES string of the molecule is CC(=O)/C=C(/C)O.COc1c[c-]c(-c2cc(CO)ccn2)c(-n2c3ccccc3c3ccccc32)c1.[Pt]. The fourth-order valence-electron chi connectivity index (χ4n) is 4.15. The second kappa shape index (κ2) is 12.5. The molecule has 0 saturated heterocycles. The summed E-state index contributed by atoms with van der Waals surface area (Å²) in [6, 6.07) is 27.6.